The molecule has 104 valence electrons. The van der Waals surface area contributed by atoms with Crippen LogP contribution in [0.2, 0.25) is 0 Å². The van der Waals surface area contributed by atoms with E-state index in [0.29, 0.717) is 11.3 Å². The Morgan fingerprint density at radius 1 is 1.32 bits per heavy atom. The SMILES string of the molecule is CNC(CC(=O)OC)C(=O)c1ccc(OC)cc1C. The minimum atomic E-state index is -0.584. The monoisotopic (exact) mass is 265 g/mol. The summed E-state index contributed by atoms with van der Waals surface area (Å²) < 4.78 is 9.68. The van der Waals surface area contributed by atoms with Crippen LogP contribution in [-0.4, -0.2) is 39.1 Å². The van der Waals surface area contributed by atoms with Gasteiger partial charge < -0.3 is 14.8 Å². The summed E-state index contributed by atoms with van der Waals surface area (Å²) in [6.07, 6.45) is 0.0112. The normalized spacial score (nSPS) is 11.8. The van der Waals surface area contributed by atoms with E-state index in [0.717, 1.165) is 5.56 Å². The zero-order chi connectivity index (χ0) is 14.4. The van der Waals surface area contributed by atoms with Crippen molar-refractivity contribution in [2.45, 2.75) is 19.4 Å². The highest BCUT2D eigenvalue weighted by Crippen LogP contribution is 2.19. The molecule has 1 rings (SSSR count). The second kappa shape index (κ2) is 6.89. The van der Waals surface area contributed by atoms with Crippen LogP contribution in [0.1, 0.15) is 22.3 Å². The van der Waals surface area contributed by atoms with Crippen LogP contribution in [0.4, 0.5) is 0 Å². The molecule has 1 aromatic rings. The average molecular weight is 265 g/mol. The van der Waals surface area contributed by atoms with Gasteiger partial charge in [-0.3, -0.25) is 9.59 Å². The standard InChI is InChI=1S/C14H19NO4/c1-9-7-10(18-3)5-6-11(9)14(17)12(15-2)8-13(16)19-4/h5-7,12,15H,8H2,1-4H3. The fourth-order valence-corrected chi connectivity index (χ4v) is 1.80. The zero-order valence-electron chi connectivity index (χ0n) is 11.6. The Hall–Kier alpha value is -1.88. The summed E-state index contributed by atoms with van der Waals surface area (Å²) in [6.45, 7) is 1.83. The largest absolute Gasteiger partial charge is 0.497 e. The fourth-order valence-electron chi connectivity index (χ4n) is 1.80. The van der Waals surface area contributed by atoms with E-state index < -0.39 is 12.0 Å². The number of esters is 1. The van der Waals surface area contributed by atoms with Crippen molar-refractivity contribution in [1.29, 1.82) is 0 Å². The lowest BCUT2D eigenvalue weighted by Gasteiger charge is -2.15. The number of rotatable bonds is 6. The third-order valence-corrected chi connectivity index (χ3v) is 2.96. The second-order valence-electron chi connectivity index (χ2n) is 4.17. The molecular weight excluding hydrogens is 246 g/mol. The Bertz CT molecular complexity index is 471. The molecule has 0 aliphatic rings. The highest BCUT2D eigenvalue weighted by Gasteiger charge is 2.23. The van der Waals surface area contributed by atoms with Gasteiger partial charge in [-0.1, -0.05) is 0 Å². The first-order chi connectivity index (χ1) is 9.03. The van der Waals surface area contributed by atoms with Crippen LogP contribution in [0.15, 0.2) is 18.2 Å². The third-order valence-electron chi connectivity index (χ3n) is 2.96. The number of likely N-dealkylation sites (N-methyl/N-ethyl adjacent to an activating group) is 1. The first-order valence-corrected chi connectivity index (χ1v) is 5.96. The van der Waals surface area contributed by atoms with Gasteiger partial charge in [-0.25, -0.2) is 0 Å². The molecule has 0 spiro atoms. The Morgan fingerprint density at radius 2 is 2.00 bits per heavy atom. The molecule has 1 N–H and O–H groups in total. The highest BCUT2D eigenvalue weighted by atomic mass is 16.5. The molecule has 19 heavy (non-hydrogen) atoms. The Kier molecular flexibility index (Phi) is 5.51. The minimum Gasteiger partial charge on any atom is -0.497 e. The van der Waals surface area contributed by atoms with E-state index in [4.69, 9.17) is 4.74 Å². The summed E-state index contributed by atoms with van der Waals surface area (Å²) in [6, 6.07) is 4.64. The number of benzene rings is 1. The summed E-state index contributed by atoms with van der Waals surface area (Å²) in [4.78, 5) is 23.6. The summed E-state index contributed by atoms with van der Waals surface area (Å²) in [7, 11) is 4.52. The van der Waals surface area contributed by atoms with Crippen molar-refractivity contribution in [1.82, 2.24) is 5.32 Å². The number of hydrogen-bond acceptors (Lipinski definition) is 5. The number of methoxy groups -OCH3 is 2. The highest BCUT2D eigenvalue weighted by molar-refractivity contribution is 6.03. The van der Waals surface area contributed by atoms with E-state index in [1.165, 1.54) is 7.11 Å². The average Bonchev–Trinajstić information content (AvgIpc) is 2.43. The number of aryl methyl sites for hydroxylation is 1. The van der Waals surface area contributed by atoms with E-state index in [1.54, 1.807) is 32.4 Å². The van der Waals surface area contributed by atoms with Gasteiger partial charge in [0, 0.05) is 5.56 Å². The molecular formula is C14H19NO4. The van der Waals surface area contributed by atoms with Crippen molar-refractivity contribution in [2.75, 3.05) is 21.3 Å². The maximum atomic E-state index is 12.3. The molecule has 0 aliphatic heterocycles. The first-order valence-electron chi connectivity index (χ1n) is 5.96. The van der Waals surface area contributed by atoms with Gasteiger partial charge in [0.2, 0.25) is 0 Å². The van der Waals surface area contributed by atoms with Gasteiger partial charge in [-0.05, 0) is 37.7 Å². The molecule has 5 nitrogen and oxygen atoms in total. The lowest BCUT2D eigenvalue weighted by molar-refractivity contribution is -0.140. The second-order valence-corrected chi connectivity index (χ2v) is 4.17. The molecule has 0 saturated heterocycles. The molecule has 0 amide bonds. The van der Waals surface area contributed by atoms with Gasteiger partial charge in [0.1, 0.15) is 5.75 Å². The predicted octanol–water partition coefficient (Wildman–Crippen LogP) is 1.34. The fraction of sp³-hybridized carbons (Fsp3) is 0.429. The maximum absolute atomic E-state index is 12.3. The van der Waals surface area contributed by atoms with Crippen molar-refractivity contribution < 1.29 is 19.1 Å². The molecule has 0 aliphatic carbocycles. The lowest BCUT2D eigenvalue weighted by atomic mass is 9.97. The van der Waals surface area contributed by atoms with Crippen molar-refractivity contribution in [3.05, 3.63) is 29.3 Å². The Morgan fingerprint density at radius 3 is 2.47 bits per heavy atom. The first kappa shape index (κ1) is 15.2. The zero-order valence-corrected chi connectivity index (χ0v) is 11.6. The van der Waals surface area contributed by atoms with Gasteiger partial charge in [0.05, 0.1) is 26.7 Å². The van der Waals surface area contributed by atoms with Crippen molar-refractivity contribution in [3.63, 3.8) is 0 Å². The smallest absolute Gasteiger partial charge is 0.307 e. The van der Waals surface area contributed by atoms with Gasteiger partial charge in [-0.15, -0.1) is 0 Å². The van der Waals surface area contributed by atoms with Crippen LogP contribution in [0.5, 0.6) is 5.75 Å². The summed E-state index contributed by atoms with van der Waals surface area (Å²) >= 11 is 0. The lowest BCUT2D eigenvalue weighted by Crippen LogP contribution is -2.36. The van der Waals surface area contributed by atoms with Crippen molar-refractivity contribution in [3.8, 4) is 5.75 Å². The van der Waals surface area contributed by atoms with Crippen LogP contribution in [0.3, 0.4) is 0 Å². The molecule has 0 heterocycles. The molecule has 1 unspecified atom stereocenters. The number of ether oxygens (including phenoxy) is 2. The number of carbonyl (C=O) groups is 2. The molecule has 1 atom stereocenters. The molecule has 5 heteroatoms. The number of carbonyl (C=O) groups excluding carboxylic acids is 2. The number of ketones is 1. The van der Waals surface area contributed by atoms with Gasteiger partial charge in [-0.2, -0.15) is 0 Å². The van der Waals surface area contributed by atoms with Crippen LogP contribution in [0.25, 0.3) is 0 Å². The van der Waals surface area contributed by atoms with E-state index in [9.17, 15) is 9.59 Å². The van der Waals surface area contributed by atoms with Crippen molar-refractivity contribution in [2.24, 2.45) is 0 Å². The van der Waals surface area contributed by atoms with Crippen LogP contribution in [0, 0.1) is 6.92 Å². The molecule has 0 bridgehead atoms. The summed E-state index contributed by atoms with van der Waals surface area (Å²) in [5.74, 6) is 0.148. The molecule has 0 saturated carbocycles. The number of nitrogens with one attached hydrogen (secondary N) is 1. The van der Waals surface area contributed by atoms with Gasteiger partial charge >= 0.3 is 5.97 Å². The molecule has 0 aromatic heterocycles. The van der Waals surface area contributed by atoms with Crippen LogP contribution < -0.4 is 10.1 Å². The predicted molar refractivity (Wildman–Crippen MR) is 71.5 cm³/mol. The van der Waals surface area contributed by atoms with E-state index in [2.05, 4.69) is 10.1 Å². The van der Waals surface area contributed by atoms with Gasteiger partial charge in [0.15, 0.2) is 5.78 Å². The quantitative estimate of drug-likeness (QED) is 0.621. The van der Waals surface area contributed by atoms with Gasteiger partial charge in [0.25, 0.3) is 0 Å². The van der Waals surface area contributed by atoms with Crippen molar-refractivity contribution >= 4 is 11.8 Å². The summed E-state index contributed by atoms with van der Waals surface area (Å²) in [5, 5.41) is 2.84. The van der Waals surface area contributed by atoms with E-state index in [-0.39, 0.29) is 12.2 Å². The summed E-state index contributed by atoms with van der Waals surface area (Å²) in [5.41, 5.74) is 1.39. The number of hydrogen-bond donors (Lipinski definition) is 1. The molecule has 0 radical (unpaired) electrons. The van der Waals surface area contributed by atoms with E-state index in [1.807, 2.05) is 6.92 Å². The van der Waals surface area contributed by atoms with Crippen LogP contribution in [-0.2, 0) is 9.53 Å². The van der Waals surface area contributed by atoms with E-state index >= 15 is 0 Å². The Labute approximate surface area is 112 Å². The Balaban J connectivity index is 2.94. The number of Topliss-reactive ketones (excluding diaryl/α,β-unsaturated/α-hetero) is 1. The molecule has 0 fully saturated rings. The van der Waals surface area contributed by atoms with Crippen LogP contribution >= 0.6 is 0 Å². The molecule has 1 aromatic carbocycles. The topological polar surface area (TPSA) is 64.6 Å². The minimum absolute atomic E-state index is 0.0112. The third kappa shape index (κ3) is 3.79. The maximum Gasteiger partial charge on any atom is 0.307 e.